The van der Waals surface area contributed by atoms with Gasteiger partial charge in [-0.15, -0.1) is 0 Å². The first-order chi connectivity index (χ1) is 9.52. The molecule has 108 valence electrons. The lowest BCUT2D eigenvalue weighted by molar-refractivity contribution is -0.118. The Morgan fingerprint density at radius 1 is 1.45 bits per heavy atom. The van der Waals surface area contributed by atoms with Crippen LogP contribution in [0.25, 0.3) is 0 Å². The highest BCUT2D eigenvalue weighted by Gasteiger charge is 2.18. The molecule has 1 unspecified atom stereocenters. The SMILES string of the molecule is COc1ccc(C(C)NC(=O)C(C)=C2CNC2)cc1F. The fourth-order valence-corrected chi connectivity index (χ4v) is 2.02. The van der Waals surface area contributed by atoms with Crippen LogP contribution in [0.4, 0.5) is 4.39 Å². The van der Waals surface area contributed by atoms with Crippen LogP contribution in [0.5, 0.6) is 5.75 Å². The summed E-state index contributed by atoms with van der Waals surface area (Å²) in [7, 11) is 1.42. The number of nitrogens with one attached hydrogen (secondary N) is 2. The van der Waals surface area contributed by atoms with Crippen molar-refractivity contribution in [1.82, 2.24) is 10.6 Å². The van der Waals surface area contributed by atoms with Crippen molar-refractivity contribution < 1.29 is 13.9 Å². The molecule has 0 aromatic heterocycles. The smallest absolute Gasteiger partial charge is 0.247 e. The molecule has 0 bridgehead atoms. The first-order valence-corrected chi connectivity index (χ1v) is 6.56. The van der Waals surface area contributed by atoms with Crippen LogP contribution < -0.4 is 15.4 Å². The van der Waals surface area contributed by atoms with Crippen LogP contribution in [-0.4, -0.2) is 26.1 Å². The first kappa shape index (κ1) is 14.5. The Kier molecular flexibility index (Phi) is 4.39. The summed E-state index contributed by atoms with van der Waals surface area (Å²) in [4.78, 5) is 12.1. The zero-order valence-electron chi connectivity index (χ0n) is 11.9. The molecule has 4 nitrogen and oxygen atoms in total. The third-order valence-corrected chi connectivity index (χ3v) is 3.57. The summed E-state index contributed by atoms with van der Waals surface area (Å²) < 4.78 is 18.5. The van der Waals surface area contributed by atoms with E-state index in [1.807, 2.05) is 13.8 Å². The molecule has 1 aliphatic rings. The maximum absolute atomic E-state index is 13.6. The molecule has 0 saturated carbocycles. The summed E-state index contributed by atoms with van der Waals surface area (Å²) in [5.41, 5.74) is 2.57. The summed E-state index contributed by atoms with van der Waals surface area (Å²) in [6.07, 6.45) is 0. The minimum absolute atomic E-state index is 0.106. The predicted octanol–water partition coefficient (Wildman–Crippen LogP) is 1.93. The molecule has 1 aromatic rings. The summed E-state index contributed by atoms with van der Waals surface area (Å²) in [6.45, 7) is 5.18. The third-order valence-electron chi connectivity index (χ3n) is 3.57. The molecule has 2 N–H and O–H groups in total. The minimum Gasteiger partial charge on any atom is -0.494 e. The van der Waals surface area contributed by atoms with Gasteiger partial charge in [0.25, 0.3) is 0 Å². The number of rotatable bonds is 4. The topological polar surface area (TPSA) is 50.4 Å². The number of carbonyl (C=O) groups excluding carboxylic acids is 1. The van der Waals surface area contributed by atoms with E-state index in [4.69, 9.17) is 4.74 Å². The Bertz CT molecular complexity index is 549. The van der Waals surface area contributed by atoms with Crippen molar-refractivity contribution in [3.63, 3.8) is 0 Å². The van der Waals surface area contributed by atoms with Gasteiger partial charge in [-0.3, -0.25) is 4.79 Å². The van der Waals surface area contributed by atoms with Gasteiger partial charge in [-0.2, -0.15) is 0 Å². The van der Waals surface area contributed by atoms with E-state index >= 15 is 0 Å². The summed E-state index contributed by atoms with van der Waals surface area (Å²) in [5, 5.41) is 5.98. The van der Waals surface area contributed by atoms with Gasteiger partial charge in [0.1, 0.15) is 0 Å². The third kappa shape index (κ3) is 2.99. The van der Waals surface area contributed by atoms with E-state index in [0.29, 0.717) is 5.56 Å². The van der Waals surface area contributed by atoms with E-state index in [9.17, 15) is 9.18 Å². The summed E-state index contributed by atoms with van der Waals surface area (Å²) in [5.74, 6) is -0.333. The van der Waals surface area contributed by atoms with Gasteiger partial charge >= 0.3 is 0 Å². The standard InChI is InChI=1S/C15H19FN2O2/c1-9(12-7-17-8-12)15(19)18-10(2)11-4-5-14(20-3)13(16)6-11/h4-6,10,17H,7-8H2,1-3H3,(H,18,19). The molecule has 1 atom stereocenters. The van der Waals surface area contributed by atoms with Crippen LogP contribution in [0.1, 0.15) is 25.5 Å². The molecule has 1 heterocycles. The van der Waals surface area contributed by atoms with E-state index in [0.717, 1.165) is 24.2 Å². The second-order valence-electron chi connectivity index (χ2n) is 4.92. The monoisotopic (exact) mass is 278 g/mol. The van der Waals surface area contributed by atoms with Gasteiger partial charge in [0.2, 0.25) is 5.91 Å². The van der Waals surface area contributed by atoms with Gasteiger partial charge in [-0.05, 0) is 37.1 Å². The highest BCUT2D eigenvalue weighted by Crippen LogP contribution is 2.22. The Labute approximate surface area is 118 Å². The Balaban J connectivity index is 2.06. The highest BCUT2D eigenvalue weighted by molar-refractivity contribution is 5.94. The number of ether oxygens (including phenoxy) is 1. The summed E-state index contributed by atoms with van der Waals surface area (Å²) >= 11 is 0. The van der Waals surface area contributed by atoms with Gasteiger partial charge in [0, 0.05) is 18.7 Å². The molecule has 0 aliphatic carbocycles. The minimum atomic E-state index is -0.427. The zero-order chi connectivity index (χ0) is 14.7. The Morgan fingerprint density at radius 2 is 2.15 bits per heavy atom. The van der Waals surface area contributed by atoms with Crippen molar-refractivity contribution in [3.05, 3.63) is 40.7 Å². The van der Waals surface area contributed by atoms with Crippen LogP contribution in [0.2, 0.25) is 0 Å². The van der Waals surface area contributed by atoms with E-state index in [2.05, 4.69) is 10.6 Å². The second-order valence-corrected chi connectivity index (χ2v) is 4.92. The van der Waals surface area contributed by atoms with Gasteiger partial charge in [-0.25, -0.2) is 4.39 Å². The first-order valence-electron chi connectivity index (χ1n) is 6.56. The highest BCUT2D eigenvalue weighted by atomic mass is 19.1. The van der Waals surface area contributed by atoms with Crippen LogP contribution >= 0.6 is 0 Å². The molecule has 1 fully saturated rings. The van der Waals surface area contributed by atoms with Crippen molar-refractivity contribution in [2.45, 2.75) is 19.9 Å². The van der Waals surface area contributed by atoms with Gasteiger partial charge in [0.05, 0.1) is 13.2 Å². The molecular weight excluding hydrogens is 259 g/mol. The Hall–Kier alpha value is -1.88. The molecule has 0 spiro atoms. The molecule has 1 aliphatic heterocycles. The number of halogens is 1. The van der Waals surface area contributed by atoms with Crippen LogP contribution in [0.3, 0.4) is 0 Å². The number of hydrogen-bond acceptors (Lipinski definition) is 3. The maximum atomic E-state index is 13.6. The number of benzene rings is 1. The Morgan fingerprint density at radius 3 is 2.65 bits per heavy atom. The molecule has 1 aromatic carbocycles. The number of amides is 1. The zero-order valence-corrected chi connectivity index (χ0v) is 11.9. The predicted molar refractivity (Wildman–Crippen MR) is 75.1 cm³/mol. The van der Waals surface area contributed by atoms with E-state index in [1.165, 1.54) is 13.2 Å². The average molecular weight is 278 g/mol. The molecule has 1 amide bonds. The molecule has 20 heavy (non-hydrogen) atoms. The lowest BCUT2D eigenvalue weighted by Gasteiger charge is -2.23. The summed E-state index contributed by atoms with van der Waals surface area (Å²) in [6, 6.07) is 4.44. The van der Waals surface area contributed by atoms with Crippen molar-refractivity contribution in [1.29, 1.82) is 0 Å². The lowest BCUT2D eigenvalue weighted by Crippen LogP contribution is -2.38. The number of hydrogen-bond donors (Lipinski definition) is 2. The molecule has 0 radical (unpaired) electrons. The second kappa shape index (κ2) is 6.05. The molecular formula is C15H19FN2O2. The molecule has 2 rings (SSSR count). The van der Waals surface area contributed by atoms with Gasteiger partial charge in [0.15, 0.2) is 11.6 Å². The van der Waals surface area contributed by atoms with Crippen LogP contribution in [0.15, 0.2) is 29.3 Å². The van der Waals surface area contributed by atoms with Crippen molar-refractivity contribution >= 4 is 5.91 Å². The molecule has 1 saturated heterocycles. The van der Waals surface area contributed by atoms with Crippen LogP contribution in [-0.2, 0) is 4.79 Å². The normalized spacial score (nSPS) is 15.3. The van der Waals surface area contributed by atoms with Crippen molar-refractivity contribution in [3.8, 4) is 5.75 Å². The van der Waals surface area contributed by atoms with Crippen molar-refractivity contribution in [2.75, 3.05) is 20.2 Å². The lowest BCUT2D eigenvalue weighted by atomic mass is 10.0. The fourth-order valence-electron chi connectivity index (χ4n) is 2.02. The van der Waals surface area contributed by atoms with Crippen LogP contribution in [0, 0.1) is 5.82 Å². The number of methoxy groups -OCH3 is 1. The largest absolute Gasteiger partial charge is 0.494 e. The van der Waals surface area contributed by atoms with E-state index < -0.39 is 5.82 Å². The van der Waals surface area contributed by atoms with E-state index in [-0.39, 0.29) is 17.7 Å². The maximum Gasteiger partial charge on any atom is 0.247 e. The van der Waals surface area contributed by atoms with Gasteiger partial charge < -0.3 is 15.4 Å². The van der Waals surface area contributed by atoms with Gasteiger partial charge in [-0.1, -0.05) is 6.07 Å². The number of carbonyl (C=O) groups is 1. The fraction of sp³-hybridized carbons (Fsp3) is 0.400. The average Bonchev–Trinajstić information content (AvgIpc) is 2.36. The molecule has 5 heteroatoms. The van der Waals surface area contributed by atoms with Crippen molar-refractivity contribution in [2.24, 2.45) is 0 Å². The van der Waals surface area contributed by atoms with E-state index in [1.54, 1.807) is 12.1 Å². The quantitative estimate of drug-likeness (QED) is 0.827.